The molecule has 1 aromatic heterocycles. The number of Topliss-reactive ketones (excluding diaryl/α,β-unsaturated/α-hetero) is 1. The fourth-order valence-electron chi connectivity index (χ4n) is 1.57. The van der Waals surface area contributed by atoms with Gasteiger partial charge in [-0.25, -0.2) is 14.2 Å². The van der Waals surface area contributed by atoms with E-state index < -0.39 is 5.97 Å². The summed E-state index contributed by atoms with van der Waals surface area (Å²) < 4.78 is 17.6. The molecule has 0 aliphatic rings. The van der Waals surface area contributed by atoms with Crippen molar-refractivity contribution >= 4 is 23.1 Å². The molecule has 0 N–H and O–H groups in total. The number of esters is 1. The Balaban J connectivity index is 2.05. The molecule has 0 atom stereocenters. The lowest BCUT2D eigenvalue weighted by Crippen LogP contribution is -2.07. The molecule has 0 aliphatic heterocycles. The summed E-state index contributed by atoms with van der Waals surface area (Å²) in [5.41, 5.74) is 0.623. The normalized spacial score (nSPS) is 10.3. The van der Waals surface area contributed by atoms with Crippen molar-refractivity contribution in [1.29, 1.82) is 0 Å². The van der Waals surface area contributed by atoms with Crippen LogP contribution >= 0.6 is 11.3 Å². The van der Waals surface area contributed by atoms with Crippen molar-refractivity contribution in [3.05, 3.63) is 51.7 Å². The first-order valence-corrected chi connectivity index (χ1v) is 6.88. The molecule has 6 heteroatoms. The molecule has 4 nitrogen and oxygen atoms in total. The summed E-state index contributed by atoms with van der Waals surface area (Å²) in [5.74, 6) is -1.06. The van der Waals surface area contributed by atoms with Gasteiger partial charge < -0.3 is 4.74 Å². The van der Waals surface area contributed by atoms with E-state index >= 15 is 0 Å². The molecule has 0 spiro atoms. The Kier molecular flexibility index (Phi) is 4.57. The average molecular weight is 293 g/mol. The number of aromatic nitrogens is 1. The molecule has 0 radical (unpaired) electrons. The lowest BCUT2D eigenvalue weighted by atomic mass is 10.1. The van der Waals surface area contributed by atoms with E-state index in [1.807, 2.05) is 0 Å². The molecule has 0 aliphatic carbocycles. The second-order valence-corrected chi connectivity index (χ2v) is 4.90. The largest absolute Gasteiger partial charge is 0.461 e. The summed E-state index contributed by atoms with van der Waals surface area (Å²) >= 11 is 1.22. The van der Waals surface area contributed by atoms with Crippen LogP contribution < -0.4 is 0 Å². The molecular formula is C14H12FNO3S. The number of halogens is 1. The Morgan fingerprint density at radius 3 is 2.65 bits per heavy atom. The summed E-state index contributed by atoms with van der Waals surface area (Å²) in [4.78, 5) is 27.5. The number of nitrogens with zero attached hydrogens (tertiary/aromatic N) is 1. The van der Waals surface area contributed by atoms with Gasteiger partial charge in [-0.2, -0.15) is 0 Å². The zero-order valence-electron chi connectivity index (χ0n) is 10.8. The third kappa shape index (κ3) is 3.48. The van der Waals surface area contributed by atoms with Crippen molar-refractivity contribution in [3.8, 4) is 0 Å². The van der Waals surface area contributed by atoms with E-state index in [0.717, 1.165) is 0 Å². The summed E-state index contributed by atoms with van der Waals surface area (Å²) in [7, 11) is 0. The lowest BCUT2D eigenvalue weighted by molar-refractivity contribution is 0.0520. The van der Waals surface area contributed by atoms with Gasteiger partial charge in [0.1, 0.15) is 10.8 Å². The van der Waals surface area contributed by atoms with Crippen molar-refractivity contribution in [1.82, 2.24) is 4.98 Å². The van der Waals surface area contributed by atoms with Gasteiger partial charge in [-0.3, -0.25) is 4.79 Å². The summed E-state index contributed by atoms with van der Waals surface area (Å²) in [6.07, 6.45) is 0.0791. The van der Waals surface area contributed by atoms with Crippen molar-refractivity contribution in [2.24, 2.45) is 0 Å². The molecule has 2 aromatic rings. The first-order chi connectivity index (χ1) is 9.60. The van der Waals surface area contributed by atoms with Crippen LogP contribution in [0.1, 0.15) is 32.8 Å². The molecule has 0 fully saturated rings. The van der Waals surface area contributed by atoms with Crippen LogP contribution in [0.4, 0.5) is 4.39 Å². The Hall–Kier alpha value is -2.08. The van der Waals surface area contributed by atoms with Gasteiger partial charge in [0.05, 0.1) is 13.0 Å². The predicted octanol–water partition coefficient (Wildman–Crippen LogP) is 2.88. The van der Waals surface area contributed by atoms with Gasteiger partial charge in [0.25, 0.3) is 0 Å². The van der Waals surface area contributed by atoms with Crippen molar-refractivity contribution in [2.75, 3.05) is 6.61 Å². The van der Waals surface area contributed by atoms with Crippen LogP contribution in [0.5, 0.6) is 0 Å². The standard InChI is InChI=1S/C14H12FNO3S/c1-2-19-14(18)11-8-20-13(16-11)7-12(17)9-3-5-10(15)6-4-9/h3-6,8H,2,7H2,1H3. The zero-order valence-corrected chi connectivity index (χ0v) is 11.6. The van der Waals surface area contributed by atoms with Crippen LogP contribution in [0, 0.1) is 5.82 Å². The summed E-state index contributed by atoms with van der Waals surface area (Å²) in [6.45, 7) is 1.99. The van der Waals surface area contributed by atoms with Crippen LogP contribution in [0.25, 0.3) is 0 Å². The molecule has 0 amide bonds. The van der Waals surface area contributed by atoms with Gasteiger partial charge in [-0.05, 0) is 31.2 Å². The van der Waals surface area contributed by atoms with Crippen LogP contribution in [-0.4, -0.2) is 23.3 Å². The smallest absolute Gasteiger partial charge is 0.357 e. The van der Waals surface area contributed by atoms with Gasteiger partial charge in [0, 0.05) is 10.9 Å². The maximum absolute atomic E-state index is 12.8. The minimum atomic E-state index is -0.496. The molecule has 0 bridgehead atoms. The monoisotopic (exact) mass is 293 g/mol. The van der Waals surface area contributed by atoms with E-state index in [4.69, 9.17) is 4.74 Å². The van der Waals surface area contributed by atoms with Crippen molar-refractivity contribution < 1.29 is 18.7 Å². The maximum atomic E-state index is 12.8. The minimum absolute atomic E-state index is 0.0791. The van der Waals surface area contributed by atoms with Crippen LogP contribution in [0.2, 0.25) is 0 Å². The number of benzene rings is 1. The number of ether oxygens (including phenoxy) is 1. The highest BCUT2D eigenvalue weighted by Crippen LogP contribution is 2.14. The fourth-order valence-corrected chi connectivity index (χ4v) is 2.33. The highest BCUT2D eigenvalue weighted by molar-refractivity contribution is 7.09. The molecule has 0 saturated heterocycles. The Bertz CT molecular complexity index is 622. The Labute approximate surface area is 119 Å². The van der Waals surface area contributed by atoms with E-state index in [9.17, 15) is 14.0 Å². The molecule has 0 unspecified atom stereocenters. The number of hydrogen-bond donors (Lipinski definition) is 0. The van der Waals surface area contributed by atoms with Crippen molar-refractivity contribution in [2.45, 2.75) is 13.3 Å². The average Bonchev–Trinajstić information content (AvgIpc) is 2.88. The molecule has 1 aromatic carbocycles. The second kappa shape index (κ2) is 6.38. The summed E-state index contributed by atoms with van der Waals surface area (Å²) in [6, 6.07) is 5.33. The van der Waals surface area contributed by atoms with Crippen molar-refractivity contribution in [3.63, 3.8) is 0 Å². The Morgan fingerprint density at radius 1 is 1.30 bits per heavy atom. The van der Waals surface area contributed by atoms with Crippen LogP contribution in [0.3, 0.4) is 0 Å². The van der Waals surface area contributed by atoms with E-state index in [2.05, 4.69) is 4.98 Å². The quantitative estimate of drug-likeness (QED) is 0.628. The van der Waals surface area contributed by atoms with Crippen LogP contribution in [-0.2, 0) is 11.2 Å². The molecular weight excluding hydrogens is 281 g/mol. The summed E-state index contributed by atoms with van der Waals surface area (Å²) in [5, 5.41) is 2.09. The lowest BCUT2D eigenvalue weighted by Gasteiger charge is -1.98. The highest BCUT2D eigenvalue weighted by atomic mass is 32.1. The molecule has 2 rings (SSSR count). The third-order valence-electron chi connectivity index (χ3n) is 2.51. The second-order valence-electron chi connectivity index (χ2n) is 3.95. The predicted molar refractivity (Wildman–Crippen MR) is 72.5 cm³/mol. The Morgan fingerprint density at radius 2 is 2.00 bits per heavy atom. The highest BCUT2D eigenvalue weighted by Gasteiger charge is 2.14. The first kappa shape index (κ1) is 14.3. The van der Waals surface area contributed by atoms with Crippen LogP contribution in [0.15, 0.2) is 29.6 Å². The van der Waals surface area contributed by atoms with E-state index in [-0.39, 0.29) is 30.3 Å². The van der Waals surface area contributed by atoms with E-state index in [1.165, 1.54) is 35.6 Å². The molecule has 0 saturated carbocycles. The topological polar surface area (TPSA) is 56.3 Å². The molecule has 1 heterocycles. The fraction of sp³-hybridized carbons (Fsp3) is 0.214. The SMILES string of the molecule is CCOC(=O)c1csc(CC(=O)c2ccc(F)cc2)n1. The number of carbonyl (C=O) groups is 2. The number of ketones is 1. The third-order valence-corrected chi connectivity index (χ3v) is 3.36. The van der Waals surface area contributed by atoms with E-state index in [1.54, 1.807) is 12.3 Å². The number of thiazole rings is 1. The number of carbonyl (C=O) groups excluding carboxylic acids is 2. The molecule has 104 valence electrons. The van der Waals surface area contributed by atoms with E-state index in [0.29, 0.717) is 10.6 Å². The first-order valence-electron chi connectivity index (χ1n) is 6.00. The zero-order chi connectivity index (χ0) is 14.5. The number of rotatable bonds is 5. The van der Waals surface area contributed by atoms with Gasteiger partial charge in [-0.15, -0.1) is 11.3 Å². The maximum Gasteiger partial charge on any atom is 0.357 e. The number of hydrogen-bond acceptors (Lipinski definition) is 5. The van der Waals surface area contributed by atoms with Gasteiger partial charge in [0.15, 0.2) is 11.5 Å². The van der Waals surface area contributed by atoms with Gasteiger partial charge in [-0.1, -0.05) is 0 Å². The minimum Gasteiger partial charge on any atom is -0.461 e. The van der Waals surface area contributed by atoms with Gasteiger partial charge >= 0.3 is 5.97 Å². The van der Waals surface area contributed by atoms with Gasteiger partial charge in [0.2, 0.25) is 0 Å². The molecule has 20 heavy (non-hydrogen) atoms.